The lowest BCUT2D eigenvalue weighted by atomic mass is 9.96. The molecule has 1 atom stereocenters. The van der Waals surface area contributed by atoms with Gasteiger partial charge in [-0.05, 0) is 43.2 Å². The summed E-state index contributed by atoms with van der Waals surface area (Å²) in [6, 6.07) is 15.6. The van der Waals surface area contributed by atoms with Crippen LogP contribution in [0.25, 0.3) is 0 Å². The van der Waals surface area contributed by atoms with Crippen LogP contribution in [-0.2, 0) is 9.53 Å². The van der Waals surface area contributed by atoms with E-state index in [2.05, 4.69) is 5.32 Å². The Morgan fingerprint density at radius 1 is 0.971 bits per heavy atom. The molecule has 2 aliphatic heterocycles. The highest BCUT2D eigenvalue weighted by atomic mass is 16.5. The normalized spacial score (nSPS) is 21.4. The van der Waals surface area contributed by atoms with Gasteiger partial charge >= 0.3 is 0 Å². The van der Waals surface area contributed by atoms with Gasteiger partial charge in [-0.15, -0.1) is 0 Å². The highest BCUT2D eigenvalue weighted by molar-refractivity contribution is 5.98. The summed E-state index contributed by atoms with van der Waals surface area (Å²) in [6.07, 6.45) is 2.82. The maximum atomic E-state index is 13.6. The lowest BCUT2D eigenvalue weighted by molar-refractivity contribution is -0.128. The number of rotatable bonds is 5. The number of nitrogens with zero attached hydrogens (tertiary/aromatic N) is 2. The fourth-order valence-electron chi connectivity index (χ4n) is 4.81. The summed E-state index contributed by atoms with van der Waals surface area (Å²) in [5.74, 6) is 0.151. The molecular formula is C26H29N3O5. The Kier molecular flexibility index (Phi) is 6.00. The van der Waals surface area contributed by atoms with Crippen LogP contribution in [0.4, 0.5) is 0 Å². The molecule has 8 nitrogen and oxygen atoms in total. The second kappa shape index (κ2) is 9.10. The fraction of sp³-hybridized carbons (Fsp3) is 0.423. The van der Waals surface area contributed by atoms with E-state index < -0.39 is 11.8 Å². The molecule has 3 amide bonds. The summed E-state index contributed by atoms with van der Waals surface area (Å²) >= 11 is 0. The van der Waals surface area contributed by atoms with E-state index in [1.54, 1.807) is 53.3 Å². The molecular weight excluding hydrogens is 434 g/mol. The third kappa shape index (κ3) is 4.25. The summed E-state index contributed by atoms with van der Waals surface area (Å²) < 4.78 is 11.5. The number of piperidine rings is 1. The van der Waals surface area contributed by atoms with Crippen LogP contribution in [-0.4, -0.2) is 72.1 Å². The molecule has 2 aromatic carbocycles. The van der Waals surface area contributed by atoms with Crippen molar-refractivity contribution in [2.45, 2.75) is 43.5 Å². The molecule has 34 heavy (non-hydrogen) atoms. The Bertz CT molecular complexity index is 1080. The van der Waals surface area contributed by atoms with E-state index in [4.69, 9.17) is 9.47 Å². The van der Waals surface area contributed by atoms with Crippen molar-refractivity contribution in [2.75, 3.05) is 26.8 Å². The van der Waals surface area contributed by atoms with Crippen molar-refractivity contribution in [3.8, 4) is 5.75 Å². The lowest BCUT2D eigenvalue weighted by Crippen LogP contribution is -2.60. The molecule has 2 aromatic rings. The van der Waals surface area contributed by atoms with Gasteiger partial charge in [-0.25, -0.2) is 0 Å². The number of methoxy groups -OCH3 is 1. The van der Waals surface area contributed by atoms with Gasteiger partial charge in [0, 0.05) is 43.1 Å². The summed E-state index contributed by atoms with van der Waals surface area (Å²) in [4.78, 5) is 43.1. The van der Waals surface area contributed by atoms with Gasteiger partial charge in [-0.3, -0.25) is 19.3 Å². The van der Waals surface area contributed by atoms with Crippen LogP contribution in [0.3, 0.4) is 0 Å². The van der Waals surface area contributed by atoms with Crippen LogP contribution in [0.15, 0.2) is 54.6 Å². The van der Waals surface area contributed by atoms with Gasteiger partial charge in [0.2, 0.25) is 5.91 Å². The van der Waals surface area contributed by atoms with Crippen molar-refractivity contribution in [3.63, 3.8) is 0 Å². The van der Waals surface area contributed by atoms with Crippen LogP contribution in [0.5, 0.6) is 5.75 Å². The molecule has 8 heteroatoms. The quantitative estimate of drug-likeness (QED) is 0.736. The van der Waals surface area contributed by atoms with Crippen LogP contribution < -0.4 is 10.1 Å². The zero-order valence-electron chi connectivity index (χ0n) is 19.2. The number of carbonyl (C=O) groups is 3. The molecule has 1 saturated carbocycles. The van der Waals surface area contributed by atoms with Gasteiger partial charge in [0.15, 0.2) is 0 Å². The second-order valence-corrected chi connectivity index (χ2v) is 9.12. The molecule has 0 unspecified atom stereocenters. The first-order valence-corrected chi connectivity index (χ1v) is 11.8. The SMILES string of the molecule is COc1cccc(C(=O)N2CCC3(CC2)OC[C@@H](C(=O)NC2CC2)N3C(=O)c2ccccc2)c1. The molecule has 178 valence electrons. The zero-order valence-corrected chi connectivity index (χ0v) is 19.2. The van der Waals surface area contributed by atoms with Gasteiger partial charge in [0.05, 0.1) is 13.7 Å². The summed E-state index contributed by atoms with van der Waals surface area (Å²) in [5.41, 5.74) is 0.164. The van der Waals surface area contributed by atoms with Gasteiger partial charge < -0.3 is 19.7 Å². The second-order valence-electron chi connectivity index (χ2n) is 9.12. The molecule has 2 heterocycles. The maximum absolute atomic E-state index is 13.6. The van der Waals surface area contributed by atoms with Crippen molar-refractivity contribution < 1.29 is 23.9 Å². The lowest BCUT2D eigenvalue weighted by Gasteiger charge is -2.44. The largest absolute Gasteiger partial charge is 0.497 e. The van der Waals surface area contributed by atoms with Gasteiger partial charge in [0.25, 0.3) is 11.8 Å². The first kappa shape index (κ1) is 22.4. The number of hydrogen-bond donors (Lipinski definition) is 1. The number of likely N-dealkylation sites (tertiary alicyclic amines) is 1. The standard InChI is InChI=1S/C26H29N3O5/c1-33-21-9-5-8-19(16-21)24(31)28-14-12-26(13-15-28)29(25(32)18-6-3-2-4-7-18)22(17-34-26)23(30)27-20-10-11-20/h2-9,16,20,22H,10-15,17H2,1H3,(H,27,30)/t22-/m0/s1. The van der Waals surface area contributed by atoms with Gasteiger partial charge in [-0.1, -0.05) is 24.3 Å². The molecule has 3 fully saturated rings. The van der Waals surface area contributed by atoms with E-state index in [0.29, 0.717) is 42.8 Å². The highest BCUT2D eigenvalue weighted by Gasteiger charge is 2.54. The molecule has 0 bridgehead atoms. The van der Waals surface area contributed by atoms with E-state index in [0.717, 1.165) is 12.8 Å². The third-order valence-corrected chi connectivity index (χ3v) is 6.88. The van der Waals surface area contributed by atoms with E-state index in [9.17, 15) is 14.4 Å². The molecule has 2 saturated heterocycles. The Balaban J connectivity index is 1.36. The molecule has 1 spiro atoms. The van der Waals surface area contributed by atoms with E-state index in [1.165, 1.54) is 0 Å². The Labute approximate surface area is 198 Å². The minimum absolute atomic E-state index is 0.0873. The highest BCUT2D eigenvalue weighted by Crippen LogP contribution is 2.39. The number of amides is 3. The Morgan fingerprint density at radius 2 is 1.68 bits per heavy atom. The summed E-state index contributed by atoms with van der Waals surface area (Å²) in [7, 11) is 1.57. The average Bonchev–Trinajstić information content (AvgIpc) is 3.63. The number of hydrogen-bond acceptors (Lipinski definition) is 5. The minimum Gasteiger partial charge on any atom is -0.497 e. The molecule has 5 rings (SSSR count). The van der Waals surface area contributed by atoms with Crippen molar-refractivity contribution in [2.24, 2.45) is 0 Å². The Hall–Kier alpha value is -3.39. The number of nitrogens with one attached hydrogen (secondary N) is 1. The van der Waals surface area contributed by atoms with Crippen molar-refractivity contribution in [1.82, 2.24) is 15.1 Å². The minimum atomic E-state index is -0.913. The van der Waals surface area contributed by atoms with E-state index in [-0.39, 0.29) is 30.4 Å². The number of carbonyl (C=O) groups excluding carboxylic acids is 3. The predicted molar refractivity (Wildman–Crippen MR) is 124 cm³/mol. The molecule has 0 aromatic heterocycles. The first-order chi connectivity index (χ1) is 16.5. The van der Waals surface area contributed by atoms with Crippen molar-refractivity contribution in [3.05, 3.63) is 65.7 Å². The monoisotopic (exact) mass is 463 g/mol. The third-order valence-electron chi connectivity index (χ3n) is 6.88. The average molecular weight is 464 g/mol. The van der Waals surface area contributed by atoms with E-state index >= 15 is 0 Å². The molecule has 1 aliphatic carbocycles. The maximum Gasteiger partial charge on any atom is 0.256 e. The molecule has 3 aliphatic rings. The topological polar surface area (TPSA) is 88.2 Å². The number of benzene rings is 2. The van der Waals surface area contributed by atoms with Crippen molar-refractivity contribution in [1.29, 1.82) is 0 Å². The van der Waals surface area contributed by atoms with Crippen LogP contribution in [0.2, 0.25) is 0 Å². The van der Waals surface area contributed by atoms with Crippen LogP contribution in [0, 0.1) is 0 Å². The summed E-state index contributed by atoms with van der Waals surface area (Å²) in [5, 5.41) is 3.02. The first-order valence-electron chi connectivity index (χ1n) is 11.8. The van der Waals surface area contributed by atoms with Gasteiger partial charge in [0.1, 0.15) is 17.5 Å². The van der Waals surface area contributed by atoms with Crippen LogP contribution >= 0.6 is 0 Å². The fourth-order valence-corrected chi connectivity index (χ4v) is 4.81. The van der Waals surface area contributed by atoms with Crippen LogP contribution in [0.1, 0.15) is 46.4 Å². The van der Waals surface area contributed by atoms with Gasteiger partial charge in [-0.2, -0.15) is 0 Å². The zero-order chi connectivity index (χ0) is 23.7. The Morgan fingerprint density at radius 3 is 2.35 bits per heavy atom. The molecule has 1 N–H and O–H groups in total. The molecule has 0 radical (unpaired) electrons. The predicted octanol–water partition coefficient (Wildman–Crippen LogP) is 2.45. The summed E-state index contributed by atoms with van der Waals surface area (Å²) in [6.45, 7) is 0.998. The van der Waals surface area contributed by atoms with E-state index in [1.807, 2.05) is 18.2 Å². The smallest absolute Gasteiger partial charge is 0.256 e. The van der Waals surface area contributed by atoms with Crippen molar-refractivity contribution >= 4 is 17.7 Å². The number of ether oxygens (including phenoxy) is 2.